The number of hydrogen-bond donors (Lipinski definition) is 2. The van der Waals surface area contributed by atoms with Crippen molar-refractivity contribution in [1.82, 2.24) is 34.3 Å². The number of aliphatic hydroxyl groups is 1. The van der Waals surface area contributed by atoms with Gasteiger partial charge in [-0.1, -0.05) is 0 Å². The molecule has 208 valence electrons. The number of aliphatic hydroxyl groups excluding tert-OH is 1. The molecule has 4 aromatic rings. The van der Waals surface area contributed by atoms with Crippen molar-refractivity contribution < 1.29 is 9.90 Å². The van der Waals surface area contributed by atoms with Gasteiger partial charge in [-0.2, -0.15) is 0 Å². The molecule has 6 rings (SSSR count). The third-order valence-corrected chi connectivity index (χ3v) is 7.98. The summed E-state index contributed by atoms with van der Waals surface area (Å²) in [5, 5.41) is 9.97. The maximum atomic E-state index is 13.2. The average Bonchev–Trinajstić information content (AvgIpc) is 2.97. The second-order valence-corrected chi connectivity index (χ2v) is 10.6. The Balaban J connectivity index is 1.39. The van der Waals surface area contributed by atoms with E-state index in [1.807, 2.05) is 24.3 Å². The third kappa shape index (κ3) is 4.73. The van der Waals surface area contributed by atoms with Crippen LogP contribution < -0.4 is 16.1 Å². The molecule has 2 N–H and O–H groups in total. The monoisotopic (exact) mass is 544 g/mol. The number of nitrogens with one attached hydrogen (secondary N) is 1. The van der Waals surface area contributed by atoms with Gasteiger partial charge in [0.05, 0.1) is 22.1 Å². The fourth-order valence-electron chi connectivity index (χ4n) is 5.67. The van der Waals surface area contributed by atoms with Gasteiger partial charge in [-0.3, -0.25) is 24.1 Å². The number of rotatable bonds is 4. The number of piperazine rings is 1. The Hall–Kier alpha value is -4.16. The van der Waals surface area contributed by atoms with E-state index in [9.17, 15) is 19.5 Å². The number of H-pyrrole nitrogens is 1. The summed E-state index contributed by atoms with van der Waals surface area (Å²) in [6.07, 6.45) is 3.21. The summed E-state index contributed by atoms with van der Waals surface area (Å²) in [5.41, 5.74) is 1.91. The Morgan fingerprint density at radius 1 is 1.00 bits per heavy atom. The summed E-state index contributed by atoms with van der Waals surface area (Å²) in [6.45, 7) is 6.08. The van der Waals surface area contributed by atoms with Gasteiger partial charge in [-0.15, -0.1) is 0 Å². The van der Waals surface area contributed by atoms with Crippen LogP contribution in [0.2, 0.25) is 0 Å². The fraction of sp³-hybridized carbons (Fsp3) is 0.429. The quantitative estimate of drug-likeness (QED) is 0.360. The molecule has 6 heterocycles. The number of carbonyl (C=O) groups excluding carboxylic acids is 1. The molecule has 0 bridgehead atoms. The second kappa shape index (κ2) is 10.4. The van der Waals surface area contributed by atoms with Crippen LogP contribution in [0.25, 0.3) is 33.2 Å². The van der Waals surface area contributed by atoms with Crippen molar-refractivity contribution in [3.05, 3.63) is 57.5 Å². The molecule has 0 unspecified atom stereocenters. The Bertz CT molecular complexity index is 1680. The highest BCUT2D eigenvalue weighted by atomic mass is 16.3. The van der Waals surface area contributed by atoms with Crippen LogP contribution >= 0.6 is 0 Å². The zero-order valence-corrected chi connectivity index (χ0v) is 22.6. The number of pyridine rings is 3. The van der Waals surface area contributed by atoms with E-state index in [4.69, 9.17) is 9.97 Å². The number of nitrogens with zero attached hydrogens (tertiary/aromatic N) is 7. The molecule has 12 heteroatoms. The van der Waals surface area contributed by atoms with Crippen LogP contribution in [0.4, 0.5) is 5.82 Å². The first-order valence-electron chi connectivity index (χ1n) is 13.6. The molecule has 2 saturated heterocycles. The maximum Gasteiger partial charge on any atom is 0.329 e. The van der Waals surface area contributed by atoms with Crippen LogP contribution in [0.1, 0.15) is 25.8 Å². The van der Waals surface area contributed by atoms with Crippen molar-refractivity contribution in [3.8, 4) is 11.3 Å². The summed E-state index contributed by atoms with van der Waals surface area (Å²) in [5.74, 6) is 0.593. The van der Waals surface area contributed by atoms with E-state index in [0.717, 1.165) is 37.6 Å². The number of likely N-dealkylation sites (N-methyl/N-ethyl adjacent to an activating group) is 1. The standard InChI is InChI=1S/C28H32N8O4/c1-17(37)27(39)35-9-7-19(8-10-35)36-25-20(26(38)32-28(36)40)16-29-22-5-4-21(31-24(22)25)18-3-6-23(30-15-18)34-13-11-33(2)12-14-34/h3-6,15-17,19,37H,7-14H2,1-2H3,(H,32,38,40)/t17-/m1/s1. The first-order chi connectivity index (χ1) is 19.3. The van der Waals surface area contributed by atoms with Crippen LogP contribution in [-0.4, -0.2) is 97.7 Å². The SMILES string of the molecule is C[C@@H](O)C(=O)N1CCC(n2c(=O)[nH]c(=O)c3cnc4ccc(-c5ccc(N6CCN(C)CC6)nc5)nc4c32)CC1. The smallest absolute Gasteiger partial charge is 0.329 e. The first-order valence-corrected chi connectivity index (χ1v) is 13.6. The van der Waals surface area contributed by atoms with Crippen LogP contribution in [0, 0.1) is 0 Å². The number of fused-ring (bicyclic) bond motifs is 3. The molecule has 1 atom stereocenters. The van der Waals surface area contributed by atoms with Gasteiger partial charge < -0.3 is 19.8 Å². The minimum absolute atomic E-state index is 0.259. The zero-order valence-electron chi connectivity index (χ0n) is 22.6. The van der Waals surface area contributed by atoms with Crippen molar-refractivity contribution in [2.24, 2.45) is 0 Å². The van der Waals surface area contributed by atoms with Crippen molar-refractivity contribution in [3.63, 3.8) is 0 Å². The van der Waals surface area contributed by atoms with E-state index in [1.54, 1.807) is 15.7 Å². The lowest BCUT2D eigenvalue weighted by molar-refractivity contribution is -0.140. The zero-order chi connectivity index (χ0) is 28.0. The lowest BCUT2D eigenvalue weighted by atomic mass is 10.0. The van der Waals surface area contributed by atoms with Crippen LogP contribution in [0.3, 0.4) is 0 Å². The van der Waals surface area contributed by atoms with Crippen LogP contribution in [0.15, 0.2) is 46.2 Å². The summed E-state index contributed by atoms with van der Waals surface area (Å²) in [4.78, 5) is 60.9. The number of aromatic nitrogens is 5. The molecule has 40 heavy (non-hydrogen) atoms. The number of hydrogen-bond acceptors (Lipinski definition) is 9. The summed E-state index contributed by atoms with van der Waals surface area (Å²) >= 11 is 0. The number of likely N-dealkylation sites (tertiary alicyclic amines) is 1. The molecule has 2 fully saturated rings. The lowest BCUT2D eigenvalue weighted by Gasteiger charge is -2.34. The molecule has 0 aliphatic carbocycles. The van der Waals surface area contributed by atoms with Crippen molar-refractivity contribution in [1.29, 1.82) is 0 Å². The maximum absolute atomic E-state index is 13.2. The highest BCUT2D eigenvalue weighted by Crippen LogP contribution is 2.29. The highest BCUT2D eigenvalue weighted by molar-refractivity contribution is 6.01. The predicted octanol–water partition coefficient (Wildman–Crippen LogP) is 0.991. The van der Waals surface area contributed by atoms with E-state index in [2.05, 4.69) is 26.8 Å². The normalized spacial score (nSPS) is 18.0. The molecule has 0 saturated carbocycles. The predicted molar refractivity (Wildman–Crippen MR) is 151 cm³/mol. The van der Waals surface area contributed by atoms with Gasteiger partial charge in [-0.05, 0) is 51.1 Å². The average molecular weight is 545 g/mol. The first kappa shape index (κ1) is 26.1. The van der Waals surface area contributed by atoms with E-state index in [-0.39, 0.29) is 17.3 Å². The van der Waals surface area contributed by atoms with Crippen molar-refractivity contribution in [2.75, 3.05) is 51.2 Å². The van der Waals surface area contributed by atoms with E-state index >= 15 is 0 Å². The molecule has 0 aromatic carbocycles. The molecular formula is C28H32N8O4. The fourth-order valence-corrected chi connectivity index (χ4v) is 5.67. The third-order valence-electron chi connectivity index (χ3n) is 7.98. The van der Waals surface area contributed by atoms with Crippen molar-refractivity contribution >= 4 is 33.7 Å². The van der Waals surface area contributed by atoms with Crippen LogP contribution in [0.5, 0.6) is 0 Å². The molecule has 4 aromatic heterocycles. The Kier molecular flexibility index (Phi) is 6.80. The number of anilines is 1. The summed E-state index contributed by atoms with van der Waals surface area (Å²) in [7, 11) is 2.12. The van der Waals surface area contributed by atoms with Gasteiger partial charge in [0.15, 0.2) is 0 Å². The molecule has 0 radical (unpaired) electrons. The largest absolute Gasteiger partial charge is 0.384 e. The van der Waals surface area contributed by atoms with Gasteiger partial charge >= 0.3 is 5.69 Å². The molecule has 12 nitrogen and oxygen atoms in total. The minimum atomic E-state index is -1.07. The topological polar surface area (TPSA) is 141 Å². The van der Waals surface area contributed by atoms with Crippen molar-refractivity contribution in [2.45, 2.75) is 31.9 Å². The minimum Gasteiger partial charge on any atom is -0.384 e. The Morgan fingerprint density at radius 3 is 2.42 bits per heavy atom. The van der Waals surface area contributed by atoms with Gasteiger partial charge in [0, 0.05) is 63.3 Å². The van der Waals surface area contributed by atoms with E-state index in [1.165, 1.54) is 13.1 Å². The number of carbonyl (C=O) groups is 1. The van der Waals surface area contributed by atoms with Gasteiger partial charge in [0.1, 0.15) is 17.4 Å². The summed E-state index contributed by atoms with van der Waals surface area (Å²) in [6, 6.07) is 7.43. The molecular weight excluding hydrogens is 512 g/mol. The lowest BCUT2D eigenvalue weighted by Crippen LogP contribution is -2.45. The van der Waals surface area contributed by atoms with E-state index < -0.39 is 17.4 Å². The number of piperidine rings is 1. The Labute approximate surface area is 229 Å². The highest BCUT2D eigenvalue weighted by Gasteiger charge is 2.28. The van der Waals surface area contributed by atoms with Gasteiger partial charge in [-0.25, -0.2) is 14.8 Å². The number of aromatic amines is 1. The van der Waals surface area contributed by atoms with Crippen LogP contribution in [-0.2, 0) is 4.79 Å². The molecule has 1 amide bonds. The number of amides is 1. The van der Waals surface area contributed by atoms with E-state index in [0.29, 0.717) is 48.2 Å². The van der Waals surface area contributed by atoms with Gasteiger partial charge in [0.2, 0.25) is 0 Å². The molecule has 0 spiro atoms. The molecule has 2 aliphatic rings. The van der Waals surface area contributed by atoms with Gasteiger partial charge in [0.25, 0.3) is 11.5 Å². The second-order valence-electron chi connectivity index (χ2n) is 10.6. The molecule has 2 aliphatic heterocycles. The summed E-state index contributed by atoms with van der Waals surface area (Å²) < 4.78 is 1.59. The Morgan fingerprint density at radius 2 is 1.75 bits per heavy atom.